The van der Waals surface area contributed by atoms with E-state index >= 15 is 0 Å². The number of hydrogen-bond acceptors (Lipinski definition) is 2. The van der Waals surface area contributed by atoms with Crippen molar-refractivity contribution in [2.75, 3.05) is 11.5 Å². The van der Waals surface area contributed by atoms with Crippen LogP contribution in [0.25, 0.3) is 0 Å². The maximum atomic E-state index is 10.2. The number of thioether (sulfide) groups is 1. The maximum absolute atomic E-state index is 10.2. The minimum Gasteiger partial charge on any atom is -0.306 e. The van der Waals surface area contributed by atoms with Gasteiger partial charge in [-0.1, -0.05) is 20.8 Å². The average Bonchev–Trinajstić information content (AvgIpc) is 1.59. The summed E-state index contributed by atoms with van der Waals surface area (Å²) in [5.41, 5.74) is 0. The molecule has 10 heavy (non-hydrogen) atoms. The summed E-state index contributed by atoms with van der Waals surface area (Å²) in [7, 11) is 0. The summed E-state index contributed by atoms with van der Waals surface area (Å²) in [5, 5.41) is 0. The minimum absolute atomic E-state index is 0.208. The second-order valence-corrected chi connectivity index (χ2v) is 5.96. The van der Waals surface area contributed by atoms with Crippen LogP contribution >= 0.6 is 11.8 Å². The SMILES string of the molecule is CC(C)(C)SCCS(=O)O. The predicted octanol–water partition coefficient (Wildman–Crippen LogP) is 1.74. The Bertz CT molecular complexity index is 117. The molecule has 2 nitrogen and oxygen atoms in total. The third kappa shape index (κ3) is 8.46. The van der Waals surface area contributed by atoms with Crippen LogP contribution in [0.4, 0.5) is 0 Å². The quantitative estimate of drug-likeness (QED) is 0.676. The van der Waals surface area contributed by atoms with Gasteiger partial charge in [0.15, 0.2) is 11.1 Å². The van der Waals surface area contributed by atoms with Crippen molar-refractivity contribution in [3.8, 4) is 0 Å². The van der Waals surface area contributed by atoms with E-state index in [-0.39, 0.29) is 4.75 Å². The van der Waals surface area contributed by atoms with Crippen LogP contribution in [0.15, 0.2) is 0 Å². The van der Waals surface area contributed by atoms with Crippen LogP contribution in [-0.2, 0) is 11.1 Å². The molecule has 4 heteroatoms. The van der Waals surface area contributed by atoms with Gasteiger partial charge in [0.2, 0.25) is 0 Å². The lowest BCUT2D eigenvalue weighted by molar-refractivity contribution is 0.566. The van der Waals surface area contributed by atoms with Crippen LogP contribution in [0.3, 0.4) is 0 Å². The molecule has 0 fully saturated rings. The van der Waals surface area contributed by atoms with Crippen molar-refractivity contribution in [3.63, 3.8) is 0 Å². The first-order valence-corrected chi connectivity index (χ1v) is 5.39. The molecule has 0 aliphatic heterocycles. The molecule has 1 unspecified atom stereocenters. The second kappa shape index (κ2) is 4.36. The van der Waals surface area contributed by atoms with Crippen LogP contribution in [-0.4, -0.2) is 25.0 Å². The van der Waals surface area contributed by atoms with Crippen LogP contribution in [0.1, 0.15) is 20.8 Å². The van der Waals surface area contributed by atoms with Gasteiger partial charge in [-0.2, -0.15) is 11.8 Å². The molecule has 0 rings (SSSR count). The Morgan fingerprint density at radius 3 is 2.30 bits per heavy atom. The molecule has 0 aromatic heterocycles. The van der Waals surface area contributed by atoms with Crippen LogP contribution in [0.5, 0.6) is 0 Å². The van der Waals surface area contributed by atoms with Crippen molar-refractivity contribution in [1.82, 2.24) is 0 Å². The third-order valence-corrected chi connectivity index (χ3v) is 2.88. The van der Waals surface area contributed by atoms with E-state index < -0.39 is 11.1 Å². The third-order valence-electron chi connectivity index (χ3n) is 0.793. The van der Waals surface area contributed by atoms with Crippen molar-refractivity contribution in [1.29, 1.82) is 0 Å². The highest BCUT2D eigenvalue weighted by Crippen LogP contribution is 2.22. The van der Waals surface area contributed by atoms with Gasteiger partial charge in [0, 0.05) is 10.5 Å². The molecule has 1 atom stereocenters. The zero-order valence-corrected chi connectivity index (χ0v) is 8.22. The summed E-state index contributed by atoms with van der Waals surface area (Å²) in [6.45, 7) is 6.29. The fourth-order valence-electron chi connectivity index (χ4n) is 0.419. The molecule has 0 aromatic carbocycles. The Balaban J connectivity index is 3.29. The van der Waals surface area contributed by atoms with Gasteiger partial charge in [0.25, 0.3) is 0 Å². The molecule has 0 amide bonds. The molecule has 0 heterocycles. The Labute approximate surface area is 69.1 Å². The second-order valence-electron chi connectivity index (χ2n) is 2.99. The van der Waals surface area contributed by atoms with Gasteiger partial charge in [0.1, 0.15) is 0 Å². The van der Waals surface area contributed by atoms with Crippen LogP contribution in [0.2, 0.25) is 0 Å². The summed E-state index contributed by atoms with van der Waals surface area (Å²) in [5.74, 6) is 1.13. The number of rotatable bonds is 3. The summed E-state index contributed by atoms with van der Waals surface area (Å²) in [6.07, 6.45) is 0. The lowest BCUT2D eigenvalue weighted by atomic mass is 10.3. The van der Waals surface area contributed by atoms with E-state index in [0.29, 0.717) is 5.75 Å². The van der Waals surface area contributed by atoms with E-state index in [1.807, 2.05) is 0 Å². The molecular formula is C6H14O2S2. The van der Waals surface area contributed by atoms with Gasteiger partial charge in [0.05, 0.1) is 5.75 Å². The van der Waals surface area contributed by atoms with E-state index in [9.17, 15) is 4.21 Å². The van der Waals surface area contributed by atoms with Gasteiger partial charge in [-0.05, 0) is 0 Å². The van der Waals surface area contributed by atoms with E-state index in [2.05, 4.69) is 20.8 Å². The smallest absolute Gasteiger partial charge is 0.153 e. The average molecular weight is 182 g/mol. The molecule has 0 aromatic rings. The molecule has 0 aliphatic rings. The normalized spacial score (nSPS) is 15.2. The van der Waals surface area contributed by atoms with E-state index in [1.54, 1.807) is 11.8 Å². The van der Waals surface area contributed by atoms with Gasteiger partial charge < -0.3 is 4.55 Å². The lowest BCUT2D eigenvalue weighted by Crippen LogP contribution is -2.10. The molecule has 0 saturated carbocycles. The summed E-state index contributed by atoms with van der Waals surface area (Å²) in [6, 6.07) is 0. The molecule has 0 spiro atoms. The Morgan fingerprint density at radius 1 is 1.50 bits per heavy atom. The van der Waals surface area contributed by atoms with E-state index in [4.69, 9.17) is 4.55 Å². The predicted molar refractivity (Wildman–Crippen MR) is 47.8 cm³/mol. The molecule has 0 bridgehead atoms. The topological polar surface area (TPSA) is 37.3 Å². The van der Waals surface area contributed by atoms with Gasteiger partial charge in [-0.3, -0.25) is 0 Å². The van der Waals surface area contributed by atoms with Crippen molar-refractivity contribution < 1.29 is 8.76 Å². The standard InChI is InChI=1S/C6H14O2S2/c1-6(2,3)9-4-5-10(7)8/h4-5H2,1-3H3,(H,7,8). The molecule has 62 valence electrons. The summed E-state index contributed by atoms with van der Waals surface area (Å²) in [4.78, 5) is 0. The van der Waals surface area contributed by atoms with Gasteiger partial charge in [-0.25, -0.2) is 4.21 Å². The molecule has 0 radical (unpaired) electrons. The monoisotopic (exact) mass is 182 g/mol. The van der Waals surface area contributed by atoms with Crippen molar-refractivity contribution in [2.24, 2.45) is 0 Å². The first kappa shape index (κ1) is 10.5. The Morgan fingerprint density at radius 2 is 2.00 bits per heavy atom. The minimum atomic E-state index is -1.62. The highest BCUT2D eigenvalue weighted by Gasteiger charge is 2.09. The molecule has 0 saturated heterocycles. The van der Waals surface area contributed by atoms with E-state index in [1.165, 1.54) is 0 Å². The van der Waals surface area contributed by atoms with E-state index in [0.717, 1.165) is 5.75 Å². The largest absolute Gasteiger partial charge is 0.306 e. The zero-order valence-electron chi connectivity index (χ0n) is 6.59. The van der Waals surface area contributed by atoms with Crippen LogP contribution in [0, 0.1) is 0 Å². The first-order valence-electron chi connectivity index (χ1n) is 3.13. The number of hydrogen-bond donors (Lipinski definition) is 1. The lowest BCUT2D eigenvalue weighted by Gasteiger charge is -2.16. The van der Waals surface area contributed by atoms with Gasteiger partial charge in [-0.15, -0.1) is 0 Å². The van der Waals surface area contributed by atoms with Crippen molar-refractivity contribution >= 4 is 22.8 Å². The van der Waals surface area contributed by atoms with Gasteiger partial charge >= 0.3 is 0 Å². The van der Waals surface area contributed by atoms with Crippen LogP contribution < -0.4 is 0 Å². The highest BCUT2D eigenvalue weighted by atomic mass is 32.2. The molecule has 0 aliphatic carbocycles. The fraction of sp³-hybridized carbons (Fsp3) is 1.00. The zero-order chi connectivity index (χ0) is 8.20. The maximum Gasteiger partial charge on any atom is 0.153 e. The first-order chi connectivity index (χ1) is 4.42. The van der Waals surface area contributed by atoms with Crippen molar-refractivity contribution in [3.05, 3.63) is 0 Å². The van der Waals surface area contributed by atoms with Crippen molar-refractivity contribution in [2.45, 2.75) is 25.5 Å². The Kier molecular flexibility index (Phi) is 4.56. The molecular weight excluding hydrogens is 168 g/mol. The fourth-order valence-corrected chi connectivity index (χ4v) is 1.94. The summed E-state index contributed by atoms with van der Waals surface area (Å²) < 4.78 is 18.8. The Hall–Kier alpha value is 0.460. The molecule has 1 N–H and O–H groups in total. The highest BCUT2D eigenvalue weighted by molar-refractivity contribution is 8.01. The summed E-state index contributed by atoms with van der Waals surface area (Å²) >= 11 is 0.0877.